The number of nitrogens with one attached hydrogen (secondary N) is 1. The van der Waals surface area contributed by atoms with Gasteiger partial charge < -0.3 is 11.1 Å². The lowest BCUT2D eigenvalue weighted by Crippen LogP contribution is -1.61. The summed E-state index contributed by atoms with van der Waals surface area (Å²) in [6.45, 7) is 0. The molecule has 0 fully saturated rings. The number of aromatic amines is 1. The highest BCUT2D eigenvalue weighted by atomic mass is 35.5. The van der Waals surface area contributed by atoms with Gasteiger partial charge in [0.05, 0.1) is 0 Å². The first kappa shape index (κ1) is 10.0. The highest BCUT2D eigenvalue weighted by molar-refractivity contribution is 5.85. The first-order valence-corrected chi connectivity index (χ1v) is 2.99. The first-order valence-electron chi connectivity index (χ1n) is 2.99. The minimum atomic E-state index is 0. The van der Waals surface area contributed by atoms with E-state index in [2.05, 4.69) is 23.2 Å². The molecule has 0 aliphatic rings. The normalized spacial score (nSPS) is 8.36. The van der Waals surface area contributed by atoms with Crippen molar-refractivity contribution in [1.29, 1.82) is 0 Å². The summed E-state index contributed by atoms with van der Waals surface area (Å²) in [5.41, 5.74) is 1.21. The van der Waals surface area contributed by atoms with Gasteiger partial charge in [0.15, 0.2) is 0 Å². The molecule has 2 nitrogen and oxygen atoms in total. The quantitative estimate of drug-likeness (QED) is 0.628. The van der Waals surface area contributed by atoms with E-state index in [4.69, 9.17) is 0 Å². The van der Waals surface area contributed by atoms with Crippen molar-refractivity contribution in [1.82, 2.24) is 11.1 Å². The molecule has 2 rings (SSSR count). The van der Waals surface area contributed by atoms with E-state index in [1.165, 1.54) is 10.9 Å². The van der Waals surface area contributed by atoms with Crippen LogP contribution >= 0.6 is 12.4 Å². The summed E-state index contributed by atoms with van der Waals surface area (Å²) in [6, 6.07) is 10.3. The fourth-order valence-corrected chi connectivity index (χ4v) is 0.995. The second-order valence-electron chi connectivity index (χ2n) is 2.06. The number of benzene rings is 1. The fraction of sp³-hybridized carbons (Fsp3) is 0. The van der Waals surface area contributed by atoms with Crippen molar-refractivity contribution in [3.63, 3.8) is 0 Å². The Bertz CT molecular complexity index is 286. The van der Waals surface area contributed by atoms with Gasteiger partial charge in [0.1, 0.15) is 0 Å². The third-order valence-electron chi connectivity index (χ3n) is 1.46. The molecule has 0 amide bonds. The monoisotopic (exact) mass is 170 g/mol. The molecular weight excluding hydrogens is 160 g/mol. The van der Waals surface area contributed by atoms with E-state index in [0.29, 0.717) is 0 Å². The Morgan fingerprint density at radius 2 is 1.73 bits per heavy atom. The van der Waals surface area contributed by atoms with Crippen molar-refractivity contribution in [2.24, 2.45) is 0 Å². The standard InChI is InChI=1S/C8H7N.ClH.H3N/c1-2-4-8-7(3-1)5-6-9-8;;/h1-6,9H;1H;1H3. The molecule has 0 aliphatic carbocycles. The molecule has 2 aromatic rings. The number of hydrogen-bond acceptors (Lipinski definition) is 1. The number of H-pyrrole nitrogens is 1. The maximum Gasteiger partial charge on any atom is 0.0453 e. The van der Waals surface area contributed by atoms with Crippen molar-refractivity contribution in [2.45, 2.75) is 0 Å². The van der Waals surface area contributed by atoms with Gasteiger partial charge in [-0.25, -0.2) is 0 Å². The Morgan fingerprint density at radius 1 is 1.00 bits per heavy atom. The SMILES string of the molecule is Cl.N.c1ccc2[nH]ccc2c1. The average molecular weight is 171 g/mol. The second-order valence-corrected chi connectivity index (χ2v) is 2.06. The number of fused-ring (bicyclic) bond motifs is 1. The molecule has 0 spiro atoms. The lowest BCUT2D eigenvalue weighted by molar-refractivity contribution is 1.48. The zero-order valence-corrected chi connectivity index (χ0v) is 6.90. The minimum Gasteiger partial charge on any atom is -0.361 e. The molecule has 11 heavy (non-hydrogen) atoms. The zero-order chi connectivity index (χ0) is 6.10. The van der Waals surface area contributed by atoms with E-state index in [-0.39, 0.29) is 18.6 Å². The van der Waals surface area contributed by atoms with Crippen LogP contribution in [0.4, 0.5) is 0 Å². The van der Waals surface area contributed by atoms with Crippen LogP contribution in [0.5, 0.6) is 0 Å². The Balaban J connectivity index is 0.000000500. The van der Waals surface area contributed by atoms with Crippen LogP contribution in [0.2, 0.25) is 0 Å². The predicted octanol–water partition coefficient (Wildman–Crippen LogP) is 2.75. The molecule has 0 radical (unpaired) electrons. The highest BCUT2D eigenvalue weighted by Gasteiger charge is 1.86. The molecule has 0 unspecified atom stereocenters. The number of hydrogen-bond donors (Lipinski definition) is 2. The molecule has 0 saturated carbocycles. The maximum absolute atomic E-state index is 3.12. The van der Waals surface area contributed by atoms with E-state index < -0.39 is 0 Å². The predicted molar refractivity (Wildman–Crippen MR) is 50.6 cm³/mol. The maximum atomic E-state index is 3.12. The molecule has 1 heterocycles. The molecular formula is C8H11ClN2. The summed E-state index contributed by atoms with van der Waals surface area (Å²) >= 11 is 0. The van der Waals surface area contributed by atoms with Gasteiger partial charge in [0.25, 0.3) is 0 Å². The molecule has 3 heteroatoms. The second kappa shape index (κ2) is 4.01. The fourth-order valence-electron chi connectivity index (χ4n) is 0.995. The Hall–Kier alpha value is -0.990. The lowest BCUT2D eigenvalue weighted by Gasteiger charge is -1.83. The summed E-state index contributed by atoms with van der Waals surface area (Å²) in [4.78, 5) is 3.12. The summed E-state index contributed by atoms with van der Waals surface area (Å²) in [6.07, 6.45) is 1.95. The molecule has 0 atom stereocenters. The first-order chi connectivity index (χ1) is 4.47. The van der Waals surface area contributed by atoms with E-state index >= 15 is 0 Å². The van der Waals surface area contributed by atoms with Crippen LogP contribution in [0.1, 0.15) is 0 Å². The Morgan fingerprint density at radius 3 is 2.45 bits per heavy atom. The van der Waals surface area contributed by atoms with Crippen molar-refractivity contribution >= 4 is 23.3 Å². The molecule has 0 bridgehead atoms. The van der Waals surface area contributed by atoms with Crippen LogP contribution in [-0.4, -0.2) is 4.98 Å². The smallest absolute Gasteiger partial charge is 0.0453 e. The Labute approximate surface area is 71.6 Å². The van der Waals surface area contributed by atoms with Crippen LogP contribution in [-0.2, 0) is 0 Å². The molecule has 0 aliphatic heterocycles. The third-order valence-corrected chi connectivity index (χ3v) is 1.46. The van der Waals surface area contributed by atoms with Crippen LogP contribution < -0.4 is 6.15 Å². The van der Waals surface area contributed by atoms with Gasteiger partial charge in [-0.3, -0.25) is 0 Å². The van der Waals surface area contributed by atoms with Gasteiger partial charge in [-0.15, -0.1) is 12.4 Å². The topological polar surface area (TPSA) is 50.8 Å². The van der Waals surface area contributed by atoms with Crippen molar-refractivity contribution in [3.05, 3.63) is 36.5 Å². The summed E-state index contributed by atoms with van der Waals surface area (Å²) in [7, 11) is 0. The summed E-state index contributed by atoms with van der Waals surface area (Å²) in [5, 5.41) is 1.28. The van der Waals surface area contributed by atoms with E-state index in [1.807, 2.05) is 18.3 Å². The van der Waals surface area contributed by atoms with Gasteiger partial charge in [0.2, 0.25) is 0 Å². The Kier molecular flexibility index (Phi) is 3.65. The number of para-hydroxylation sites is 1. The number of halogens is 1. The van der Waals surface area contributed by atoms with Crippen LogP contribution in [0.25, 0.3) is 10.9 Å². The van der Waals surface area contributed by atoms with Crippen LogP contribution in [0.3, 0.4) is 0 Å². The van der Waals surface area contributed by atoms with Crippen molar-refractivity contribution in [2.75, 3.05) is 0 Å². The van der Waals surface area contributed by atoms with Gasteiger partial charge in [-0.05, 0) is 17.5 Å². The van der Waals surface area contributed by atoms with Crippen LogP contribution in [0, 0.1) is 0 Å². The number of aromatic nitrogens is 1. The summed E-state index contributed by atoms with van der Waals surface area (Å²) < 4.78 is 0. The molecule has 1 aromatic heterocycles. The summed E-state index contributed by atoms with van der Waals surface area (Å²) in [5.74, 6) is 0. The minimum absolute atomic E-state index is 0. The van der Waals surface area contributed by atoms with Gasteiger partial charge in [-0.2, -0.15) is 0 Å². The molecule has 4 N–H and O–H groups in total. The van der Waals surface area contributed by atoms with E-state index in [9.17, 15) is 0 Å². The number of rotatable bonds is 0. The van der Waals surface area contributed by atoms with Gasteiger partial charge in [-0.1, -0.05) is 18.2 Å². The van der Waals surface area contributed by atoms with Crippen LogP contribution in [0.15, 0.2) is 36.5 Å². The zero-order valence-electron chi connectivity index (χ0n) is 6.08. The van der Waals surface area contributed by atoms with Gasteiger partial charge in [0, 0.05) is 11.7 Å². The average Bonchev–Trinajstić information content (AvgIpc) is 2.33. The largest absolute Gasteiger partial charge is 0.361 e. The molecule has 60 valence electrons. The van der Waals surface area contributed by atoms with E-state index in [0.717, 1.165) is 0 Å². The molecule has 0 saturated heterocycles. The molecule has 1 aromatic carbocycles. The lowest BCUT2D eigenvalue weighted by atomic mass is 10.3. The van der Waals surface area contributed by atoms with Crippen molar-refractivity contribution in [3.8, 4) is 0 Å². The third kappa shape index (κ3) is 1.73. The van der Waals surface area contributed by atoms with Crippen molar-refractivity contribution < 1.29 is 0 Å². The van der Waals surface area contributed by atoms with E-state index in [1.54, 1.807) is 0 Å². The highest BCUT2D eigenvalue weighted by Crippen LogP contribution is 2.09. The van der Waals surface area contributed by atoms with Gasteiger partial charge >= 0.3 is 0 Å².